The molecule has 0 saturated carbocycles. The molecule has 0 radical (unpaired) electrons. The molecule has 13 heavy (non-hydrogen) atoms. The average molecular weight is 198 g/mol. The van der Waals surface area contributed by atoms with E-state index in [1.54, 1.807) is 12.4 Å². The Morgan fingerprint density at radius 1 is 1.77 bits per heavy atom. The molecule has 0 atom stereocenters. The normalized spacial score (nSPS) is 9.69. The van der Waals surface area contributed by atoms with Gasteiger partial charge in [-0.15, -0.1) is 0 Å². The first-order valence-electron chi connectivity index (χ1n) is 4.21. The van der Waals surface area contributed by atoms with Crippen LogP contribution in [0.4, 0.5) is 0 Å². The van der Waals surface area contributed by atoms with Crippen molar-refractivity contribution in [1.82, 2.24) is 20.2 Å². The van der Waals surface area contributed by atoms with Crippen LogP contribution in [0.5, 0.6) is 0 Å². The van der Waals surface area contributed by atoms with Crippen LogP contribution in [0.15, 0.2) is 12.4 Å². The van der Waals surface area contributed by atoms with Gasteiger partial charge in [-0.05, 0) is 19.1 Å². The summed E-state index contributed by atoms with van der Waals surface area (Å²) < 4.78 is 0. The van der Waals surface area contributed by atoms with Crippen molar-refractivity contribution in [2.45, 2.75) is 13.5 Å². The quantitative estimate of drug-likeness (QED) is 0.703. The Labute approximate surface area is 83.4 Å². The van der Waals surface area contributed by atoms with Crippen LogP contribution in [-0.2, 0) is 6.54 Å². The van der Waals surface area contributed by atoms with Crippen LogP contribution in [0.25, 0.3) is 0 Å². The molecule has 0 amide bonds. The monoisotopic (exact) mass is 198 g/mol. The summed E-state index contributed by atoms with van der Waals surface area (Å²) in [4.78, 5) is 9.08. The summed E-state index contributed by atoms with van der Waals surface area (Å²) in [7, 11) is 1.94. The Morgan fingerprint density at radius 2 is 2.54 bits per heavy atom. The van der Waals surface area contributed by atoms with Crippen LogP contribution >= 0.6 is 12.2 Å². The molecule has 0 unspecified atom stereocenters. The minimum absolute atomic E-state index is 0.707. The third kappa shape index (κ3) is 3.02. The minimum atomic E-state index is 0.707. The Hall–Kier alpha value is -1.10. The van der Waals surface area contributed by atoms with Gasteiger partial charge in [0.25, 0.3) is 0 Å². The van der Waals surface area contributed by atoms with Crippen molar-refractivity contribution in [2.24, 2.45) is 0 Å². The summed E-state index contributed by atoms with van der Waals surface area (Å²) in [5.41, 5.74) is 0. The third-order valence-corrected chi connectivity index (χ3v) is 2.07. The predicted molar refractivity (Wildman–Crippen MR) is 56.3 cm³/mol. The van der Waals surface area contributed by atoms with Crippen molar-refractivity contribution in [3.05, 3.63) is 18.2 Å². The summed E-state index contributed by atoms with van der Waals surface area (Å²) in [6, 6.07) is 0. The lowest BCUT2D eigenvalue weighted by Gasteiger charge is -2.18. The summed E-state index contributed by atoms with van der Waals surface area (Å²) in [6.07, 6.45) is 3.54. The molecule has 0 aliphatic heterocycles. The lowest BCUT2D eigenvalue weighted by atomic mass is 10.5. The molecular weight excluding hydrogens is 184 g/mol. The maximum atomic E-state index is 5.12. The standard InChI is InChI=1S/C8H14N4S/c1-3-9-8(13)12(2)6-7-10-4-5-11-7/h4-5H,3,6H2,1-2H3,(H,9,13)(H,10,11). The fourth-order valence-corrected chi connectivity index (χ4v) is 1.18. The second kappa shape index (κ2) is 4.81. The highest BCUT2D eigenvalue weighted by molar-refractivity contribution is 7.80. The summed E-state index contributed by atoms with van der Waals surface area (Å²) in [6.45, 7) is 3.58. The zero-order valence-electron chi connectivity index (χ0n) is 7.87. The van der Waals surface area contributed by atoms with Gasteiger partial charge in [-0.1, -0.05) is 0 Å². The van der Waals surface area contributed by atoms with Crippen molar-refractivity contribution in [3.8, 4) is 0 Å². The van der Waals surface area contributed by atoms with Gasteiger partial charge in [0.2, 0.25) is 0 Å². The molecule has 1 heterocycles. The topological polar surface area (TPSA) is 44.0 Å². The van der Waals surface area contributed by atoms with E-state index in [2.05, 4.69) is 15.3 Å². The lowest BCUT2D eigenvalue weighted by molar-refractivity contribution is 0.477. The largest absolute Gasteiger partial charge is 0.363 e. The number of H-pyrrole nitrogens is 1. The number of aromatic nitrogens is 2. The van der Waals surface area contributed by atoms with Gasteiger partial charge in [0.1, 0.15) is 5.82 Å². The smallest absolute Gasteiger partial charge is 0.169 e. The first-order chi connectivity index (χ1) is 6.24. The third-order valence-electron chi connectivity index (χ3n) is 1.62. The average Bonchev–Trinajstić information content (AvgIpc) is 2.57. The van der Waals surface area contributed by atoms with Gasteiger partial charge in [-0.25, -0.2) is 4.98 Å². The molecule has 5 heteroatoms. The fourth-order valence-electron chi connectivity index (χ4n) is 0.967. The molecule has 0 aliphatic carbocycles. The van der Waals surface area contributed by atoms with Gasteiger partial charge in [-0.3, -0.25) is 0 Å². The summed E-state index contributed by atoms with van der Waals surface area (Å²) >= 11 is 5.12. The highest BCUT2D eigenvalue weighted by atomic mass is 32.1. The zero-order chi connectivity index (χ0) is 9.68. The molecule has 0 bridgehead atoms. The van der Waals surface area contributed by atoms with Crippen molar-refractivity contribution < 1.29 is 0 Å². The molecular formula is C8H14N4S. The van der Waals surface area contributed by atoms with Crippen molar-refractivity contribution in [2.75, 3.05) is 13.6 Å². The number of hydrogen-bond acceptors (Lipinski definition) is 2. The molecule has 1 aromatic rings. The Bertz CT molecular complexity index is 257. The minimum Gasteiger partial charge on any atom is -0.363 e. The highest BCUT2D eigenvalue weighted by Gasteiger charge is 2.04. The molecule has 2 N–H and O–H groups in total. The number of imidazole rings is 1. The second-order valence-corrected chi connectivity index (χ2v) is 3.11. The van der Waals surface area contributed by atoms with E-state index in [1.807, 2.05) is 18.9 Å². The maximum Gasteiger partial charge on any atom is 0.169 e. The van der Waals surface area contributed by atoms with Gasteiger partial charge in [-0.2, -0.15) is 0 Å². The van der Waals surface area contributed by atoms with Crippen molar-refractivity contribution >= 4 is 17.3 Å². The van der Waals surface area contributed by atoms with Crippen molar-refractivity contribution in [1.29, 1.82) is 0 Å². The van der Waals surface area contributed by atoms with E-state index >= 15 is 0 Å². The first-order valence-corrected chi connectivity index (χ1v) is 4.62. The number of nitrogens with one attached hydrogen (secondary N) is 2. The molecule has 0 fully saturated rings. The van der Waals surface area contributed by atoms with Gasteiger partial charge >= 0.3 is 0 Å². The molecule has 0 saturated heterocycles. The van der Waals surface area contributed by atoms with Crippen LogP contribution < -0.4 is 5.32 Å². The molecule has 0 aliphatic rings. The molecule has 4 nitrogen and oxygen atoms in total. The predicted octanol–water partition coefficient (Wildman–Crippen LogP) is 0.736. The van der Waals surface area contributed by atoms with E-state index < -0.39 is 0 Å². The van der Waals surface area contributed by atoms with E-state index in [9.17, 15) is 0 Å². The number of aromatic amines is 1. The SMILES string of the molecule is CCNC(=S)N(C)Cc1ncc[nH]1. The van der Waals surface area contributed by atoms with E-state index in [0.29, 0.717) is 6.54 Å². The molecule has 72 valence electrons. The Kier molecular flexibility index (Phi) is 3.70. The zero-order valence-corrected chi connectivity index (χ0v) is 8.69. The van der Waals surface area contributed by atoms with Crippen LogP contribution in [0.1, 0.15) is 12.7 Å². The number of nitrogens with zero attached hydrogens (tertiary/aromatic N) is 2. The van der Waals surface area contributed by atoms with E-state index in [1.165, 1.54) is 0 Å². The summed E-state index contributed by atoms with van der Waals surface area (Å²) in [5, 5.41) is 3.82. The van der Waals surface area contributed by atoms with Crippen LogP contribution in [-0.4, -0.2) is 33.6 Å². The maximum absolute atomic E-state index is 5.12. The first kappa shape index (κ1) is 9.98. The number of rotatable bonds is 3. The summed E-state index contributed by atoms with van der Waals surface area (Å²) in [5.74, 6) is 0.919. The van der Waals surface area contributed by atoms with E-state index in [4.69, 9.17) is 12.2 Å². The van der Waals surface area contributed by atoms with Crippen molar-refractivity contribution in [3.63, 3.8) is 0 Å². The van der Waals surface area contributed by atoms with E-state index in [0.717, 1.165) is 17.5 Å². The highest BCUT2D eigenvalue weighted by Crippen LogP contribution is 1.95. The molecule has 0 spiro atoms. The Balaban J connectivity index is 2.41. The number of hydrogen-bond donors (Lipinski definition) is 2. The van der Waals surface area contributed by atoms with Crippen LogP contribution in [0.2, 0.25) is 0 Å². The fraction of sp³-hybridized carbons (Fsp3) is 0.500. The second-order valence-electron chi connectivity index (χ2n) is 2.73. The lowest BCUT2D eigenvalue weighted by Crippen LogP contribution is -2.36. The number of thiocarbonyl (C=S) groups is 1. The van der Waals surface area contributed by atoms with Gasteiger partial charge in [0.05, 0.1) is 6.54 Å². The Morgan fingerprint density at radius 3 is 3.08 bits per heavy atom. The van der Waals surface area contributed by atoms with Gasteiger partial charge in [0, 0.05) is 26.0 Å². The molecule has 1 aromatic heterocycles. The molecule has 1 rings (SSSR count). The van der Waals surface area contributed by atoms with Crippen LogP contribution in [0, 0.1) is 0 Å². The van der Waals surface area contributed by atoms with Gasteiger partial charge in [0.15, 0.2) is 5.11 Å². The van der Waals surface area contributed by atoms with E-state index in [-0.39, 0.29) is 0 Å². The molecule has 0 aromatic carbocycles. The van der Waals surface area contributed by atoms with Gasteiger partial charge < -0.3 is 15.2 Å². The van der Waals surface area contributed by atoms with Crippen LogP contribution in [0.3, 0.4) is 0 Å².